The molecular formula is C15H22ClN5. The van der Waals surface area contributed by atoms with E-state index in [0.717, 1.165) is 18.5 Å². The van der Waals surface area contributed by atoms with Crippen molar-refractivity contribution in [1.29, 1.82) is 0 Å². The number of halogens is 1. The average molecular weight is 308 g/mol. The van der Waals surface area contributed by atoms with E-state index in [9.17, 15) is 0 Å². The number of anilines is 1. The maximum Gasteiger partial charge on any atom is 0.220 e. The minimum atomic E-state index is 0.226. The molecule has 3 heterocycles. The molecule has 5 nitrogen and oxygen atoms in total. The first-order valence-corrected chi connectivity index (χ1v) is 7.58. The van der Waals surface area contributed by atoms with E-state index in [1.807, 2.05) is 4.68 Å². The first-order valence-electron chi connectivity index (χ1n) is 7.21. The molecule has 2 N–H and O–H groups in total. The average Bonchev–Trinajstić information content (AvgIpc) is 2.88. The van der Waals surface area contributed by atoms with Crippen molar-refractivity contribution in [1.82, 2.24) is 19.7 Å². The minimum absolute atomic E-state index is 0.226. The molecule has 1 aliphatic heterocycles. The molecule has 0 spiro atoms. The fourth-order valence-corrected chi connectivity index (χ4v) is 2.61. The minimum Gasteiger partial charge on any atom is -0.368 e. The summed E-state index contributed by atoms with van der Waals surface area (Å²) >= 11 is 6.14. The van der Waals surface area contributed by atoms with E-state index in [0.29, 0.717) is 10.7 Å². The molecule has 21 heavy (non-hydrogen) atoms. The van der Waals surface area contributed by atoms with Gasteiger partial charge in [0.15, 0.2) is 0 Å². The fourth-order valence-electron chi connectivity index (χ4n) is 2.42. The van der Waals surface area contributed by atoms with Crippen LogP contribution in [0.15, 0.2) is 12.4 Å². The lowest BCUT2D eigenvalue weighted by Crippen LogP contribution is -2.12. The van der Waals surface area contributed by atoms with E-state index in [4.69, 9.17) is 17.3 Å². The quantitative estimate of drug-likeness (QED) is 0.874. The van der Waals surface area contributed by atoms with Crippen molar-refractivity contribution < 1.29 is 0 Å². The van der Waals surface area contributed by atoms with Gasteiger partial charge in [0.1, 0.15) is 0 Å². The van der Waals surface area contributed by atoms with Gasteiger partial charge in [-0.05, 0) is 11.8 Å². The van der Waals surface area contributed by atoms with Crippen molar-refractivity contribution in [2.24, 2.45) is 5.41 Å². The lowest BCUT2D eigenvalue weighted by Gasteiger charge is -2.14. The molecule has 6 heteroatoms. The highest BCUT2D eigenvalue weighted by Gasteiger charge is 2.32. The Morgan fingerprint density at radius 1 is 1.33 bits per heavy atom. The van der Waals surface area contributed by atoms with Crippen LogP contribution in [0.3, 0.4) is 0 Å². The molecule has 0 fully saturated rings. The highest BCUT2D eigenvalue weighted by molar-refractivity contribution is 6.32. The van der Waals surface area contributed by atoms with E-state index < -0.39 is 0 Å². The number of nitrogen functional groups attached to an aromatic ring is 1. The van der Waals surface area contributed by atoms with Gasteiger partial charge in [0, 0.05) is 17.8 Å². The normalized spacial score (nSPS) is 15.3. The maximum atomic E-state index is 6.14. The van der Waals surface area contributed by atoms with Gasteiger partial charge < -0.3 is 5.73 Å². The summed E-state index contributed by atoms with van der Waals surface area (Å²) in [4.78, 5) is 8.10. The fraction of sp³-hybridized carbons (Fsp3) is 0.533. The van der Waals surface area contributed by atoms with E-state index in [1.54, 1.807) is 6.20 Å². The number of rotatable bonds is 1. The molecule has 1 aliphatic rings. The zero-order chi connectivity index (χ0) is 15.6. The van der Waals surface area contributed by atoms with Crippen molar-refractivity contribution in [3.8, 4) is 11.3 Å². The summed E-state index contributed by atoms with van der Waals surface area (Å²) in [5.74, 6) is 0.228. The molecule has 0 unspecified atom stereocenters. The number of fused-ring (bicyclic) bond motifs is 1. The molecule has 2 aromatic rings. The summed E-state index contributed by atoms with van der Waals surface area (Å²) in [6.45, 7) is 9.61. The Kier molecular flexibility index (Phi) is 4.52. The Hall–Kier alpha value is -1.62. The molecule has 114 valence electrons. The Labute approximate surface area is 130 Å². The van der Waals surface area contributed by atoms with Gasteiger partial charge in [-0.1, -0.05) is 45.7 Å². The van der Waals surface area contributed by atoms with Crippen LogP contribution < -0.4 is 5.73 Å². The number of aromatic nitrogens is 4. The standard InChI is InChI=1S/C12H14ClN5.C3H8/c1-12(2)3-9-7(4-16-18(9)6-12)10-8(13)5-15-11(14)17-10;1-3-2/h4-5H,3,6H2,1-2H3,(H2,14,15,17);3H2,1-2H3. The second-order valence-electron chi connectivity index (χ2n) is 6.14. The van der Waals surface area contributed by atoms with Gasteiger partial charge in [0.2, 0.25) is 5.95 Å². The molecule has 0 aliphatic carbocycles. The van der Waals surface area contributed by atoms with Crippen molar-refractivity contribution in [3.63, 3.8) is 0 Å². The van der Waals surface area contributed by atoms with Crippen LogP contribution in [0.4, 0.5) is 5.95 Å². The van der Waals surface area contributed by atoms with Gasteiger partial charge >= 0.3 is 0 Å². The van der Waals surface area contributed by atoms with Gasteiger partial charge in [-0.25, -0.2) is 9.97 Å². The molecule has 3 rings (SSSR count). The molecular weight excluding hydrogens is 286 g/mol. The Morgan fingerprint density at radius 2 is 2.00 bits per heavy atom. The van der Waals surface area contributed by atoms with Crippen LogP contribution >= 0.6 is 11.6 Å². The Balaban J connectivity index is 0.000000497. The van der Waals surface area contributed by atoms with Crippen LogP contribution in [0, 0.1) is 5.41 Å². The van der Waals surface area contributed by atoms with Crippen LogP contribution in [0.5, 0.6) is 0 Å². The predicted molar refractivity (Wildman–Crippen MR) is 86.1 cm³/mol. The molecule has 0 bridgehead atoms. The number of nitrogens with two attached hydrogens (primary N) is 1. The first kappa shape index (κ1) is 15.8. The molecule has 0 aromatic carbocycles. The zero-order valence-corrected chi connectivity index (χ0v) is 13.8. The van der Waals surface area contributed by atoms with Crippen LogP contribution in [0.1, 0.15) is 39.8 Å². The second kappa shape index (κ2) is 6.02. The van der Waals surface area contributed by atoms with Crippen LogP contribution in [0.2, 0.25) is 5.02 Å². The molecule has 0 radical (unpaired) electrons. The topological polar surface area (TPSA) is 69.6 Å². The summed E-state index contributed by atoms with van der Waals surface area (Å²) in [7, 11) is 0. The second-order valence-corrected chi connectivity index (χ2v) is 6.54. The molecule has 0 saturated heterocycles. The third-order valence-corrected chi connectivity index (χ3v) is 3.47. The largest absolute Gasteiger partial charge is 0.368 e. The zero-order valence-electron chi connectivity index (χ0n) is 13.0. The SMILES string of the molecule is CC1(C)Cc2c(-c3nc(N)ncc3Cl)cnn2C1.CCC. The molecule has 0 amide bonds. The molecule has 0 atom stereocenters. The lowest BCUT2D eigenvalue weighted by atomic mass is 9.90. The van der Waals surface area contributed by atoms with E-state index >= 15 is 0 Å². The van der Waals surface area contributed by atoms with E-state index in [-0.39, 0.29) is 11.4 Å². The van der Waals surface area contributed by atoms with Crippen LogP contribution in [-0.2, 0) is 13.0 Å². The van der Waals surface area contributed by atoms with Crippen molar-refractivity contribution in [2.45, 2.75) is 47.1 Å². The third kappa shape index (κ3) is 3.35. The van der Waals surface area contributed by atoms with E-state index in [1.165, 1.54) is 18.3 Å². The van der Waals surface area contributed by atoms with Crippen molar-refractivity contribution in [2.75, 3.05) is 5.73 Å². The maximum absolute atomic E-state index is 6.14. The highest BCUT2D eigenvalue weighted by Crippen LogP contribution is 2.37. The number of hydrogen-bond donors (Lipinski definition) is 1. The van der Waals surface area contributed by atoms with Gasteiger partial charge in [-0.15, -0.1) is 0 Å². The summed E-state index contributed by atoms with van der Waals surface area (Å²) in [5, 5.41) is 4.90. The van der Waals surface area contributed by atoms with E-state index in [2.05, 4.69) is 42.8 Å². The summed E-state index contributed by atoms with van der Waals surface area (Å²) in [5.41, 5.74) is 8.64. The Bertz CT molecular complexity index is 633. The first-order chi connectivity index (χ1) is 9.88. The molecule has 2 aromatic heterocycles. The summed E-state index contributed by atoms with van der Waals surface area (Å²) < 4.78 is 2.02. The number of hydrogen-bond acceptors (Lipinski definition) is 4. The summed E-state index contributed by atoms with van der Waals surface area (Å²) in [6.07, 6.45) is 5.55. The van der Waals surface area contributed by atoms with Gasteiger partial charge in [0.05, 0.1) is 23.1 Å². The van der Waals surface area contributed by atoms with Crippen LogP contribution in [-0.4, -0.2) is 19.7 Å². The van der Waals surface area contributed by atoms with Crippen molar-refractivity contribution in [3.05, 3.63) is 23.1 Å². The Morgan fingerprint density at radius 3 is 2.67 bits per heavy atom. The van der Waals surface area contributed by atoms with Crippen LogP contribution in [0.25, 0.3) is 11.3 Å². The summed E-state index contributed by atoms with van der Waals surface area (Å²) in [6, 6.07) is 0. The van der Waals surface area contributed by atoms with Gasteiger partial charge in [-0.2, -0.15) is 5.10 Å². The van der Waals surface area contributed by atoms with Crippen molar-refractivity contribution >= 4 is 17.5 Å². The lowest BCUT2D eigenvalue weighted by molar-refractivity contribution is 0.347. The monoisotopic (exact) mass is 307 g/mol. The van der Waals surface area contributed by atoms with Gasteiger partial charge in [0.25, 0.3) is 0 Å². The highest BCUT2D eigenvalue weighted by atomic mass is 35.5. The third-order valence-electron chi connectivity index (χ3n) is 3.19. The van der Waals surface area contributed by atoms with Gasteiger partial charge in [-0.3, -0.25) is 4.68 Å². The number of nitrogens with zero attached hydrogens (tertiary/aromatic N) is 4. The smallest absolute Gasteiger partial charge is 0.220 e. The predicted octanol–water partition coefficient (Wildman–Crippen LogP) is 3.57. The molecule has 0 saturated carbocycles.